The van der Waals surface area contributed by atoms with Gasteiger partial charge in [-0.1, -0.05) is 13.8 Å². The summed E-state index contributed by atoms with van der Waals surface area (Å²) in [6, 6.07) is 3.38. The molecule has 0 spiro atoms. The molecule has 1 aromatic heterocycles. The van der Waals surface area contributed by atoms with Gasteiger partial charge in [0.1, 0.15) is 5.78 Å². The van der Waals surface area contributed by atoms with Crippen LogP contribution in [0.25, 0.3) is 0 Å². The van der Waals surface area contributed by atoms with Crippen molar-refractivity contribution < 1.29 is 14.7 Å². The number of rotatable bonds is 5. The number of nitrogens with zero attached hydrogens (tertiary/aromatic N) is 1. The van der Waals surface area contributed by atoms with Gasteiger partial charge in [-0.05, 0) is 17.7 Å². The van der Waals surface area contributed by atoms with Gasteiger partial charge in [-0.2, -0.15) is 0 Å². The van der Waals surface area contributed by atoms with Crippen molar-refractivity contribution in [2.45, 2.75) is 26.2 Å². The lowest BCUT2D eigenvalue weighted by Crippen LogP contribution is -2.21. The monoisotopic (exact) mass is 221 g/mol. The first-order valence-corrected chi connectivity index (χ1v) is 5.17. The molecule has 1 unspecified atom stereocenters. The minimum atomic E-state index is -0.962. The number of Topliss-reactive ketones (excluding diaryl/α,β-unsaturated/α-hetero) is 1. The van der Waals surface area contributed by atoms with Gasteiger partial charge in [0.25, 0.3) is 0 Å². The largest absolute Gasteiger partial charge is 0.481 e. The molecule has 0 amide bonds. The van der Waals surface area contributed by atoms with Crippen LogP contribution in [-0.4, -0.2) is 21.8 Å². The summed E-state index contributed by atoms with van der Waals surface area (Å²) < 4.78 is 0. The number of aromatic nitrogens is 1. The fraction of sp³-hybridized carbons (Fsp3) is 0.417. The van der Waals surface area contributed by atoms with Crippen LogP contribution in [0.2, 0.25) is 0 Å². The van der Waals surface area contributed by atoms with Crippen molar-refractivity contribution in [3.63, 3.8) is 0 Å². The third-order valence-electron chi connectivity index (χ3n) is 2.40. The molecule has 1 aromatic rings. The van der Waals surface area contributed by atoms with E-state index in [9.17, 15) is 9.59 Å². The Morgan fingerprint density at radius 1 is 1.31 bits per heavy atom. The van der Waals surface area contributed by atoms with Crippen molar-refractivity contribution in [1.82, 2.24) is 4.98 Å². The molecule has 1 rings (SSSR count). The van der Waals surface area contributed by atoms with Gasteiger partial charge in [-0.3, -0.25) is 14.6 Å². The van der Waals surface area contributed by atoms with Crippen molar-refractivity contribution in [2.24, 2.45) is 5.92 Å². The van der Waals surface area contributed by atoms with Gasteiger partial charge in [0.2, 0.25) is 0 Å². The number of aliphatic carboxylic acids is 1. The Labute approximate surface area is 94.3 Å². The van der Waals surface area contributed by atoms with E-state index in [1.807, 2.05) is 0 Å². The molecular weight excluding hydrogens is 206 g/mol. The maximum atomic E-state index is 11.9. The number of carbonyl (C=O) groups excluding carboxylic acids is 1. The quantitative estimate of drug-likeness (QED) is 0.824. The standard InChI is InChI=1S/C12H15NO3/c1-8(2)12(16)10(7-11(14)15)9-3-5-13-6-4-9/h3-6,8,10H,7H2,1-2H3,(H,14,15). The summed E-state index contributed by atoms with van der Waals surface area (Å²) in [5.74, 6) is -1.75. The maximum absolute atomic E-state index is 11.9. The number of pyridine rings is 1. The third-order valence-corrected chi connectivity index (χ3v) is 2.40. The lowest BCUT2D eigenvalue weighted by atomic mass is 9.87. The van der Waals surface area contributed by atoms with Crippen molar-refractivity contribution in [2.75, 3.05) is 0 Å². The number of carboxylic acid groups (broad SMARTS) is 1. The van der Waals surface area contributed by atoms with E-state index < -0.39 is 11.9 Å². The average molecular weight is 221 g/mol. The second kappa shape index (κ2) is 5.39. The summed E-state index contributed by atoms with van der Waals surface area (Å²) in [6.07, 6.45) is 2.97. The first kappa shape index (κ1) is 12.4. The highest BCUT2D eigenvalue weighted by Gasteiger charge is 2.25. The first-order chi connectivity index (χ1) is 7.52. The molecule has 4 heteroatoms. The van der Waals surface area contributed by atoms with Gasteiger partial charge in [0.05, 0.1) is 12.3 Å². The second-order valence-electron chi connectivity index (χ2n) is 3.99. The van der Waals surface area contributed by atoms with E-state index >= 15 is 0 Å². The van der Waals surface area contributed by atoms with E-state index in [0.29, 0.717) is 0 Å². The van der Waals surface area contributed by atoms with E-state index in [4.69, 9.17) is 5.11 Å². The zero-order chi connectivity index (χ0) is 12.1. The van der Waals surface area contributed by atoms with E-state index in [1.54, 1.807) is 38.4 Å². The lowest BCUT2D eigenvalue weighted by molar-refractivity contribution is -0.139. The summed E-state index contributed by atoms with van der Waals surface area (Å²) in [4.78, 5) is 26.5. The van der Waals surface area contributed by atoms with Crippen LogP contribution in [-0.2, 0) is 9.59 Å². The number of hydrogen-bond donors (Lipinski definition) is 1. The van der Waals surface area contributed by atoms with Crippen LogP contribution in [0.5, 0.6) is 0 Å². The van der Waals surface area contributed by atoms with Crippen molar-refractivity contribution >= 4 is 11.8 Å². The molecule has 1 N–H and O–H groups in total. The Hall–Kier alpha value is -1.71. The minimum absolute atomic E-state index is 0.0476. The highest BCUT2D eigenvalue weighted by molar-refractivity contribution is 5.90. The maximum Gasteiger partial charge on any atom is 0.304 e. The highest BCUT2D eigenvalue weighted by atomic mass is 16.4. The normalized spacial score (nSPS) is 12.4. The fourth-order valence-corrected chi connectivity index (χ4v) is 1.56. The van der Waals surface area contributed by atoms with Crippen LogP contribution in [0.15, 0.2) is 24.5 Å². The number of carbonyl (C=O) groups is 2. The number of carboxylic acids is 1. The topological polar surface area (TPSA) is 67.3 Å². The summed E-state index contributed by atoms with van der Waals surface area (Å²) >= 11 is 0. The molecular formula is C12H15NO3. The molecule has 0 aliphatic heterocycles. The van der Waals surface area contributed by atoms with E-state index in [1.165, 1.54) is 0 Å². The van der Waals surface area contributed by atoms with Gasteiger partial charge in [0, 0.05) is 18.3 Å². The van der Waals surface area contributed by atoms with Crippen molar-refractivity contribution in [1.29, 1.82) is 0 Å². The first-order valence-electron chi connectivity index (χ1n) is 5.17. The molecule has 0 radical (unpaired) electrons. The molecule has 1 heterocycles. The molecule has 0 aromatic carbocycles. The molecule has 0 bridgehead atoms. The van der Waals surface area contributed by atoms with Gasteiger partial charge < -0.3 is 5.11 Å². The van der Waals surface area contributed by atoms with Gasteiger partial charge in [-0.15, -0.1) is 0 Å². The molecule has 4 nitrogen and oxygen atoms in total. The Balaban J connectivity index is 2.96. The Morgan fingerprint density at radius 3 is 2.31 bits per heavy atom. The van der Waals surface area contributed by atoms with E-state index in [2.05, 4.69) is 4.98 Å². The smallest absolute Gasteiger partial charge is 0.304 e. The van der Waals surface area contributed by atoms with Crippen LogP contribution in [0.4, 0.5) is 0 Å². The third kappa shape index (κ3) is 3.15. The van der Waals surface area contributed by atoms with Crippen molar-refractivity contribution in [3.05, 3.63) is 30.1 Å². The zero-order valence-corrected chi connectivity index (χ0v) is 9.38. The van der Waals surface area contributed by atoms with Gasteiger partial charge in [0.15, 0.2) is 0 Å². The second-order valence-corrected chi connectivity index (χ2v) is 3.99. The summed E-state index contributed by atoms with van der Waals surface area (Å²) in [6.45, 7) is 3.55. The molecule has 86 valence electrons. The SMILES string of the molecule is CC(C)C(=O)C(CC(=O)O)c1ccncc1. The summed E-state index contributed by atoms with van der Waals surface area (Å²) in [5.41, 5.74) is 0.719. The summed E-state index contributed by atoms with van der Waals surface area (Å²) in [5, 5.41) is 8.81. The van der Waals surface area contributed by atoms with Crippen LogP contribution in [0.3, 0.4) is 0 Å². The van der Waals surface area contributed by atoms with Gasteiger partial charge >= 0.3 is 5.97 Å². The molecule has 0 saturated carbocycles. The predicted molar refractivity (Wildman–Crippen MR) is 59.1 cm³/mol. The summed E-state index contributed by atoms with van der Waals surface area (Å²) in [7, 11) is 0. The molecule has 16 heavy (non-hydrogen) atoms. The average Bonchev–Trinajstić information content (AvgIpc) is 2.26. The van der Waals surface area contributed by atoms with E-state index in [-0.39, 0.29) is 18.1 Å². The molecule has 0 saturated heterocycles. The Bertz CT molecular complexity index is 373. The Kier molecular flexibility index (Phi) is 4.17. The van der Waals surface area contributed by atoms with Crippen LogP contribution >= 0.6 is 0 Å². The predicted octanol–water partition coefficient (Wildman–Crippen LogP) is 1.87. The molecule has 0 aliphatic rings. The minimum Gasteiger partial charge on any atom is -0.481 e. The number of hydrogen-bond acceptors (Lipinski definition) is 3. The lowest BCUT2D eigenvalue weighted by Gasteiger charge is -2.16. The Morgan fingerprint density at radius 2 is 1.88 bits per heavy atom. The molecule has 1 atom stereocenters. The fourth-order valence-electron chi connectivity index (χ4n) is 1.56. The van der Waals surface area contributed by atoms with E-state index in [0.717, 1.165) is 5.56 Å². The van der Waals surface area contributed by atoms with Crippen LogP contribution in [0, 0.1) is 5.92 Å². The highest BCUT2D eigenvalue weighted by Crippen LogP contribution is 2.23. The van der Waals surface area contributed by atoms with Crippen LogP contribution in [0.1, 0.15) is 31.7 Å². The van der Waals surface area contributed by atoms with Crippen molar-refractivity contribution in [3.8, 4) is 0 Å². The van der Waals surface area contributed by atoms with Gasteiger partial charge in [-0.25, -0.2) is 0 Å². The zero-order valence-electron chi connectivity index (χ0n) is 9.38. The molecule has 0 fully saturated rings. The van der Waals surface area contributed by atoms with Crippen LogP contribution < -0.4 is 0 Å². The number of ketones is 1. The molecule has 0 aliphatic carbocycles.